The van der Waals surface area contributed by atoms with Gasteiger partial charge in [0.05, 0.1) is 18.1 Å². The summed E-state index contributed by atoms with van der Waals surface area (Å²) in [6, 6.07) is 0. The largest absolute Gasteiger partial charge is 0.315 e. The zero-order valence-electron chi connectivity index (χ0n) is 10.9. The van der Waals surface area contributed by atoms with Gasteiger partial charge in [-0.2, -0.15) is 0 Å². The summed E-state index contributed by atoms with van der Waals surface area (Å²) in [5.74, 6) is 1.27. The van der Waals surface area contributed by atoms with Crippen molar-refractivity contribution in [3.05, 3.63) is 29.7 Å². The van der Waals surface area contributed by atoms with Crippen molar-refractivity contribution in [2.45, 2.75) is 18.8 Å². The van der Waals surface area contributed by atoms with Gasteiger partial charge in [-0.25, -0.2) is 9.97 Å². The molecule has 0 amide bonds. The molecule has 2 aromatic heterocycles. The molecule has 3 rings (SSSR count). The second-order valence-corrected chi connectivity index (χ2v) is 5.78. The average molecular weight is 275 g/mol. The molecule has 1 saturated heterocycles. The molecule has 0 unspecified atom stereocenters. The zero-order valence-corrected chi connectivity index (χ0v) is 11.7. The molecule has 100 valence electrons. The van der Waals surface area contributed by atoms with Gasteiger partial charge < -0.3 is 10.2 Å². The van der Waals surface area contributed by atoms with Crippen LogP contribution < -0.4 is 5.32 Å². The molecule has 0 aliphatic carbocycles. The van der Waals surface area contributed by atoms with Crippen LogP contribution in [0.25, 0.3) is 0 Å². The third kappa shape index (κ3) is 3.08. The van der Waals surface area contributed by atoms with Crippen LogP contribution in [0.2, 0.25) is 0 Å². The minimum Gasteiger partial charge on any atom is -0.315 e. The van der Waals surface area contributed by atoms with Crippen molar-refractivity contribution < 1.29 is 0 Å². The first-order chi connectivity index (χ1) is 9.31. The first kappa shape index (κ1) is 12.5. The van der Waals surface area contributed by atoms with Crippen molar-refractivity contribution in [1.29, 1.82) is 0 Å². The molecule has 1 aliphatic heterocycles. The number of hydrogen-bond acceptors (Lipinski definition) is 6. The van der Waals surface area contributed by atoms with Crippen molar-refractivity contribution in [2.24, 2.45) is 0 Å². The lowest BCUT2D eigenvalue weighted by molar-refractivity contribution is 0.248. The normalized spacial score (nSPS) is 20.4. The quantitative estimate of drug-likeness (QED) is 0.932. The summed E-state index contributed by atoms with van der Waals surface area (Å²) in [5.41, 5.74) is 1.09. The van der Waals surface area contributed by atoms with Crippen molar-refractivity contribution >= 4 is 22.3 Å². The van der Waals surface area contributed by atoms with E-state index in [2.05, 4.69) is 32.2 Å². The molecule has 0 bridgehead atoms. The number of piperidine rings is 1. The van der Waals surface area contributed by atoms with Crippen LogP contribution in [0.3, 0.4) is 0 Å². The van der Waals surface area contributed by atoms with E-state index in [9.17, 15) is 0 Å². The van der Waals surface area contributed by atoms with Gasteiger partial charge in [-0.05, 0) is 26.4 Å². The van der Waals surface area contributed by atoms with Gasteiger partial charge in [0.2, 0.25) is 0 Å². The summed E-state index contributed by atoms with van der Waals surface area (Å²) in [6.07, 6.45) is 7.90. The number of likely N-dealkylation sites (N-methyl/N-ethyl adjacent to an activating group) is 1. The van der Waals surface area contributed by atoms with E-state index in [1.54, 1.807) is 23.7 Å². The molecule has 0 radical (unpaired) electrons. The molecule has 1 aliphatic rings. The number of anilines is 2. The number of aromatic nitrogens is 3. The van der Waals surface area contributed by atoms with Gasteiger partial charge >= 0.3 is 0 Å². The number of hydrogen-bond donors (Lipinski definition) is 1. The molecule has 2 aromatic rings. The molecule has 1 N–H and O–H groups in total. The molecule has 19 heavy (non-hydrogen) atoms. The molecule has 0 aromatic carbocycles. The second-order valence-electron chi connectivity index (χ2n) is 4.89. The Balaban J connectivity index is 1.68. The van der Waals surface area contributed by atoms with Gasteiger partial charge in [-0.3, -0.25) is 4.98 Å². The Morgan fingerprint density at radius 3 is 2.95 bits per heavy atom. The molecular weight excluding hydrogens is 258 g/mol. The van der Waals surface area contributed by atoms with Crippen LogP contribution in [0.1, 0.15) is 24.5 Å². The summed E-state index contributed by atoms with van der Waals surface area (Å²) < 4.78 is 0. The molecule has 1 fully saturated rings. The molecule has 0 spiro atoms. The number of rotatable bonds is 3. The first-order valence-corrected chi connectivity index (χ1v) is 7.36. The van der Waals surface area contributed by atoms with Crippen LogP contribution in [0.15, 0.2) is 24.0 Å². The van der Waals surface area contributed by atoms with E-state index in [-0.39, 0.29) is 0 Å². The Labute approximate surface area is 116 Å². The van der Waals surface area contributed by atoms with Gasteiger partial charge in [-0.15, -0.1) is 11.3 Å². The van der Waals surface area contributed by atoms with E-state index in [0.29, 0.717) is 5.92 Å². The minimum absolute atomic E-state index is 0.514. The predicted molar refractivity (Wildman–Crippen MR) is 76.9 cm³/mol. The molecule has 5 nitrogen and oxygen atoms in total. The smallest absolute Gasteiger partial charge is 0.188 e. The third-order valence-corrected chi connectivity index (χ3v) is 4.07. The summed E-state index contributed by atoms with van der Waals surface area (Å²) >= 11 is 1.55. The Hall–Kier alpha value is -1.53. The highest BCUT2D eigenvalue weighted by atomic mass is 32.1. The lowest BCUT2D eigenvalue weighted by atomic mass is 9.95. The molecule has 0 saturated carbocycles. The van der Waals surface area contributed by atoms with Gasteiger partial charge in [0.15, 0.2) is 10.9 Å². The molecule has 1 atom stereocenters. The van der Waals surface area contributed by atoms with E-state index >= 15 is 0 Å². The summed E-state index contributed by atoms with van der Waals surface area (Å²) in [5, 5.41) is 5.93. The SMILES string of the molecule is CN1CCC[C@@H](c2cnc(Nc3nccs3)cn2)C1. The van der Waals surface area contributed by atoms with Crippen molar-refractivity contribution in [2.75, 3.05) is 25.5 Å². The van der Waals surface area contributed by atoms with E-state index in [1.807, 2.05) is 11.6 Å². The fraction of sp³-hybridized carbons (Fsp3) is 0.462. The summed E-state index contributed by atoms with van der Waals surface area (Å²) in [7, 11) is 2.16. The third-order valence-electron chi connectivity index (χ3n) is 3.38. The van der Waals surface area contributed by atoms with Crippen molar-refractivity contribution in [1.82, 2.24) is 19.9 Å². The average Bonchev–Trinajstić information content (AvgIpc) is 2.92. The van der Waals surface area contributed by atoms with E-state index in [4.69, 9.17) is 0 Å². The predicted octanol–water partition coefficient (Wildman–Crippen LogP) is 2.49. The van der Waals surface area contributed by atoms with E-state index in [0.717, 1.165) is 23.2 Å². The van der Waals surface area contributed by atoms with Crippen LogP contribution in [0.5, 0.6) is 0 Å². The molecule has 6 heteroatoms. The fourth-order valence-electron chi connectivity index (χ4n) is 2.42. The van der Waals surface area contributed by atoms with Crippen LogP contribution >= 0.6 is 11.3 Å². The van der Waals surface area contributed by atoms with Gasteiger partial charge in [0.25, 0.3) is 0 Å². The number of nitrogens with zero attached hydrogens (tertiary/aromatic N) is 4. The van der Waals surface area contributed by atoms with E-state index < -0.39 is 0 Å². The Bertz CT molecular complexity index is 510. The van der Waals surface area contributed by atoms with E-state index in [1.165, 1.54) is 19.4 Å². The Morgan fingerprint density at radius 2 is 2.26 bits per heavy atom. The standard InChI is InChI=1S/C13H17N5S/c1-18-5-2-3-10(9-18)11-7-16-12(8-15-11)17-13-14-4-6-19-13/h4,6-8,10H,2-3,5,9H2,1H3,(H,14,16,17)/t10-/m1/s1. The highest BCUT2D eigenvalue weighted by molar-refractivity contribution is 7.13. The van der Waals surface area contributed by atoms with Gasteiger partial charge in [0.1, 0.15) is 0 Å². The molecule has 3 heterocycles. The topological polar surface area (TPSA) is 53.9 Å². The van der Waals surface area contributed by atoms with Crippen LogP contribution in [-0.4, -0.2) is 40.0 Å². The monoisotopic (exact) mass is 275 g/mol. The maximum Gasteiger partial charge on any atom is 0.188 e. The Kier molecular flexibility index (Phi) is 3.70. The van der Waals surface area contributed by atoms with Crippen molar-refractivity contribution in [3.63, 3.8) is 0 Å². The van der Waals surface area contributed by atoms with Gasteiger partial charge in [0, 0.05) is 24.0 Å². The highest BCUT2D eigenvalue weighted by Gasteiger charge is 2.20. The maximum absolute atomic E-state index is 4.54. The minimum atomic E-state index is 0.514. The molecular formula is C13H17N5S. The van der Waals surface area contributed by atoms with Crippen LogP contribution in [0.4, 0.5) is 10.9 Å². The number of likely N-dealkylation sites (tertiary alicyclic amines) is 1. The number of thiazole rings is 1. The lowest BCUT2D eigenvalue weighted by Gasteiger charge is -2.29. The van der Waals surface area contributed by atoms with Crippen LogP contribution in [0, 0.1) is 0 Å². The highest BCUT2D eigenvalue weighted by Crippen LogP contribution is 2.25. The fourth-order valence-corrected chi connectivity index (χ4v) is 2.95. The zero-order chi connectivity index (χ0) is 13.1. The van der Waals surface area contributed by atoms with Crippen LogP contribution in [-0.2, 0) is 0 Å². The summed E-state index contributed by atoms with van der Waals surface area (Å²) in [6.45, 7) is 2.27. The lowest BCUT2D eigenvalue weighted by Crippen LogP contribution is -2.31. The van der Waals surface area contributed by atoms with Gasteiger partial charge in [-0.1, -0.05) is 0 Å². The Morgan fingerprint density at radius 1 is 1.32 bits per heavy atom. The number of nitrogens with one attached hydrogen (secondary N) is 1. The second kappa shape index (κ2) is 5.63. The maximum atomic E-state index is 4.54. The first-order valence-electron chi connectivity index (χ1n) is 6.48. The summed E-state index contributed by atoms with van der Waals surface area (Å²) in [4.78, 5) is 15.5. The van der Waals surface area contributed by atoms with Crippen molar-refractivity contribution in [3.8, 4) is 0 Å².